The van der Waals surface area contributed by atoms with Crippen molar-refractivity contribution < 1.29 is 4.74 Å². The van der Waals surface area contributed by atoms with Gasteiger partial charge in [-0.2, -0.15) is 0 Å². The van der Waals surface area contributed by atoms with Gasteiger partial charge in [-0.15, -0.1) is 0 Å². The van der Waals surface area contributed by atoms with Gasteiger partial charge in [0.1, 0.15) is 0 Å². The molecule has 1 saturated heterocycles. The molecule has 1 aromatic carbocycles. The van der Waals surface area contributed by atoms with Crippen LogP contribution in [0.2, 0.25) is 0 Å². The molecule has 0 amide bonds. The fourth-order valence-electron chi connectivity index (χ4n) is 2.34. The van der Waals surface area contributed by atoms with E-state index in [0.29, 0.717) is 6.04 Å². The highest BCUT2D eigenvalue weighted by atomic mass is 16.5. The summed E-state index contributed by atoms with van der Waals surface area (Å²) in [6, 6.07) is 7.11. The average molecular weight is 234 g/mol. The minimum Gasteiger partial charge on any atom is -0.378 e. The molecule has 1 atom stereocenters. The predicted molar refractivity (Wildman–Crippen MR) is 71.8 cm³/mol. The van der Waals surface area contributed by atoms with Crippen LogP contribution in [0, 0.1) is 13.8 Å². The second kappa shape index (κ2) is 5.52. The van der Waals surface area contributed by atoms with Gasteiger partial charge in [0.2, 0.25) is 0 Å². The van der Waals surface area contributed by atoms with Crippen molar-refractivity contribution in [3.63, 3.8) is 0 Å². The number of benzene rings is 1. The third-order valence-corrected chi connectivity index (χ3v) is 3.14. The molecule has 1 fully saturated rings. The highest BCUT2D eigenvalue weighted by molar-refractivity contribution is 5.50. The third kappa shape index (κ3) is 3.45. The largest absolute Gasteiger partial charge is 0.378 e. The lowest BCUT2D eigenvalue weighted by atomic mass is 10.1. The van der Waals surface area contributed by atoms with Gasteiger partial charge in [0.25, 0.3) is 0 Å². The van der Waals surface area contributed by atoms with E-state index in [9.17, 15) is 0 Å². The second-order valence-corrected chi connectivity index (χ2v) is 4.95. The monoisotopic (exact) mass is 234 g/mol. The summed E-state index contributed by atoms with van der Waals surface area (Å²) in [6.45, 7) is 7.89. The number of hydrogen-bond acceptors (Lipinski definition) is 3. The fraction of sp³-hybridized carbons (Fsp3) is 0.571. The molecule has 0 aliphatic carbocycles. The molecule has 0 spiro atoms. The number of hydrogen-bond donors (Lipinski definition) is 1. The molecule has 0 bridgehead atoms. The lowest BCUT2D eigenvalue weighted by molar-refractivity contribution is 0.0791. The highest BCUT2D eigenvalue weighted by Crippen LogP contribution is 2.17. The summed E-state index contributed by atoms with van der Waals surface area (Å²) in [5.74, 6) is 0. The maximum Gasteiger partial charge on any atom is 0.0637 e. The van der Waals surface area contributed by atoms with E-state index in [-0.39, 0.29) is 0 Å². The molecule has 0 aromatic heterocycles. The number of rotatable bonds is 3. The molecule has 3 nitrogen and oxygen atoms in total. The van der Waals surface area contributed by atoms with Crippen molar-refractivity contribution in [3.05, 3.63) is 29.3 Å². The minimum absolute atomic E-state index is 0.439. The SMILES string of the molecule is Cc1cc(C)cc(N(C)CC2COCCN2)c1. The van der Waals surface area contributed by atoms with Crippen molar-refractivity contribution in [2.45, 2.75) is 19.9 Å². The molecular weight excluding hydrogens is 212 g/mol. The Labute approximate surface area is 104 Å². The van der Waals surface area contributed by atoms with Gasteiger partial charge >= 0.3 is 0 Å². The summed E-state index contributed by atoms with van der Waals surface area (Å²) in [4.78, 5) is 2.30. The molecule has 1 heterocycles. The second-order valence-electron chi connectivity index (χ2n) is 4.95. The van der Waals surface area contributed by atoms with Crippen molar-refractivity contribution in [1.82, 2.24) is 5.32 Å². The Balaban J connectivity index is 2.00. The highest BCUT2D eigenvalue weighted by Gasteiger charge is 2.15. The predicted octanol–water partition coefficient (Wildman–Crippen LogP) is 1.73. The number of nitrogens with zero attached hydrogens (tertiary/aromatic N) is 1. The lowest BCUT2D eigenvalue weighted by Gasteiger charge is -2.29. The Morgan fingerprint density at radius 2 is 2.00 bits per heavy atom. The standard InChI is InChI=1S/C14H22N2O/c1-11-6-12(2)8-14(7-11)16(3)9-13-10-17-5-4-15-13/h6-8,13,15H,4-5,9-10H2,1-3H3. The van der Waals surface area contributed by atoms with Crippen LogP contribution in [-0.4, -0.2) is 39.4 Å². The number of ether oxygens (including phenoxy) is 1. The first-order chi connectivity index (χ1) is 8.15. The normalized spacial score (nSPS) is 20.3. The topological polar surface area (TPSA) is 24.5 Å². The van der Waals surface area contributed by atoms with Crippen molar-refractivity contribution in [3.8, 4) is 0 Å². The van der Waals surface area contributed by atoms with E-state index in [1.165, 1.54) is 16.8 Å². The van der Waals surface area contributed by atoms with Gasteiger partial charge in [-0.3, -0.25) is 0 Å². The molecular formula is C14H22N2O. The van der Waals surface area contributed by atoms with E-state index in [1.54, 1.807) is 0 Å². The van der Waals surface area contributed by atoms with E-state index in [0.717, 1.165) is 26.3 Å². The minimum atomic E-state index is 0.439. The third-order valence-electron chi connectivity index (χ3n) is 3.14. The van der Waals surface area contributed by atoms with Crippen LogP contribution in [0.25, 0.3) is 0 Å². The van der Waals surface area contributed by atoms with Crippen LogP contribution in [0.3, 0.4) is 0 Å². The van der Waals surface area contributed by atoms with E-state index in [1.807, 2.05) is 0 Å². The molecule has 0 radical (unpaired) electrons. The summed E-state index contributed by atoms with van der Waals surface area (Å²) in [7, 11) is 2.14. The van der Waals surface area contributed by atoms with Crippen LogP contribution >= 0.6 is 0 Å². The molecule has 1 aliphatic rings. The van der Waals surface area contributed by atoms with Crippen molar-refractivity contribution in [2.75, 3.05) is 38.3 Å². The van der Waals surface area contributed by atoms with Crippen LogP contribution in [0.15, 0.2) is 18.2 Å². The summed E-state index contributed by atoms with van der Waals surface area (Å²) >= 11 is 0. The average Bonchev–Trinajstić information content (AvgIpc) is 2.29. The number of likely N-dealkylation sites (N-methyl/N-ethyl adjacent to an activating group) is 1. The summed E-state index contributed by atoms with van der Waals surface area (Å²) in [5.41, 5.74) is 3.93. The Bertz CT molecular complexity index is 352. The smallest absolute Gasteiger partial charge is 0.0637 e. The van der Waals surface area contributed by atoms with Crippen LogP contribution < -0.4 is 10.2 Å². The van der Waals surface area contributed by atoms with Crippen LogP contribution in [0.1, 0.15) is 11.1 Å². The fourth-order valence-corrected chi connectivity index (χ4v) is 2.34. The molecule has 2 rings (SSSR count). The molecule has 94 valence electrons. The van der Waals surface area contributed by atoms with Gasteiger partial charge < -0.3 is 15.0 Å². The van der Waals surface area contributed by atoms with Gasteiger partial charge in [-0.1, -0.05) is 6.07 Å². The maximum atomic E-state index is 5.48. The van der Waals surface area contributed by atoms with Gasteiger partial charge in [-0.25, -0.2) is 0 Å². The zero-order chi connectivity index (χ0) is 12.3. The van der Waals surface area contributed by atoms with Crippen LogP contribution in [0.4, 0.5) is 5.69 Å². The van der Waals surface area contributed by atoms with Crippen LogP contribution in [-0.2, 0) is 4.74 Å². The first-order valence-electron chi connectivity index (χ1n) is 6.26. The Morgan fingerprint density at radius 1 is 1.29 bits per heavy atom. The summed E-state index contributed by atoms with van der Waals surface area (Å²) in [5, 5.41) is 3.48. The number of nitrogens with one attached hydrogen (secondary N) is 1. The first kappa shape index (κ1) is 12.4. The molecule has 1 unspecified atom stereocenters. The molecule has 1 aliphatic heterocycles. The zero-order valence-electron chi connectivity index (χ0n) is 11.0. The number of morpholine rings is 1. The summed E-state index contributed by atoms with van der Waals surface area (Å²) < 4.78 is 5.48. The molecule has 0 saturated carbocycles. The Kier molecular flexibility index (Phi) is 4.02. The van der Waals surface area contributed by atoms with Gasteiger partial charge in [0, 0.05) is 31.9 Å². The Hall–Kier alpha value is -1.06. The molecule has 1 aromatic rings. The zero-order valence-corrected chi connectivity index (χ0v) is 11.0. The Morgan fingerprint density at radius 3 is 2.59 bits per heavy atom. The van der Waals surface area contributed by atoms with Gasteiger partial charge in [-0.05, 0) is 37.1 Å². The quantitative estimate of drug-likeness (QED) is 0.862. The van der Waals surface area contributed by atoms with E-state index >= 15 is 0 Å². The number of anilines is 1. The van der Waals surface area contributed by atoms with Crippen molar-refractivity contribution in [2.24, 2.45) is 0 Å². The van der Waals surface area contributed by atoms with E-state index in [4.69, 9.17) is 4.74 Å². The molecule has 17 heavy (non-hydrogen) atoms. The van der Waals surface area contributed by atoms with Gasteiger partial charge in [0.15, 0.2) is 0 Å². The molecule has 3 heteroatoms. The summed E-state index contributed by atoms with van der Waals surface area (Å²) in [6.07, 6.45) is 0. The van der Waals surface area contributed by atoms with Gasteiger partial charge in [0.05, 0.1) is 13.2 Å². The van der Waals surface area contributed by atoms with Crippen molar-refractivity contribution in [1.29, 1.82) is 0 Å². The van der Waals surface area contributed by atoms with E-state index < -0.39 is 0 Å². The number of aryl methyl sites for hydroxylation is 2. The van der Waals surface area contributed by atoms with Crippen molar-refractivity contribution >= 4 is 5.69 Å². The lowest BCUT2D eigenvalue weighted by Crippen LogP contribution is -2.47. The van der Waals surface area contributed by atoms with E-state index in [2.05, 4.69) is 49.3 Å². The maximum absolute atomic E-state index is 5.48. The molecule has 1 N–H and O–H groups in total. The first-order valence-corrected chi connectivity index (χ1v) is 6.26. The van der Waals surface area contributed by atoms with Crippen LogP contribution in [0.5, 0.6) is 0 Å².